The van der Waals surface area contributed by atoms with Crippen molar-refractivity contribution in [2.75, 3.05) is 5.32 Å². The summed E-state index contributed by atoms with van der Waals surface area (Å²) in [6.45, 7) is 0. The minimum atomic E-state index is -0.162. The van der Waals surface area contributed by atoms with Gasteiger partial charge in [-0.15, -0.1) is 0 Å². The second-order valence-corrected chi connectivity index (χ2v) is 5.79. The van der Waals surface area contributed by atoms with Crippen molar-refractivity contribution in [1.29, 1.82) is 0 Å². The van der Waals surface area contributed by atoms with Crippen LogP contribution in [-0.4, -0.2) is 5.91 Å². The Morgan fingerprint density at radius 2 is 1.72 bits per heavy atom. The van der Waals surface area contributed by atoms with Crippen molar-refractivity contribution in [3.8, 4) is 0 Å². The van der Waals surface area contributed by atoms with E-state index in [-0.39, 0.29) is 5.91 Å². The minimum Gasteiger partial charge on any atom is -0.321 e. The van der Waals surface area contributed by atoms with Crippen LogP contribution in [0.15, 0.2) is 51.4 Å². The summed E-state index contributed by atoms with van der Waals surface area (Å²) >= 11 is 12.5. The van der Waals surface area contributed by atoms with E-state index in [1.165, 1.54) is 0 Å². The summed E-state index contributed by atoms with van der Waals surface area (Å²) in [5.41, 5.74) is 1.28. The van der Waals surface area contributed by atoms with E-state index in [9.17, 15) is 4.79 Å². The van der Waals surface area contributed by atoms with E-state index in [0.717, 1.165) is 8.95 Å². The molecule has 0 spiro atoms. The molecule has 0 aliphatic carbocycles. The van der Waals surface area contributed by atoms with Crippen LogP contribution in [0.5, 0.6) is 0 Å². The summed E-state index contributed by atoms with van der Waals surface area (Å²) in [6.07, 6.45) is 0. The number of hydrogen-bond acceptors (Lipinski definition) is 1. The largest absolute Gasteiger partial charge is 0.321 e. The highest BCUT2D eigenvalue weighted by Gasteiger charge is 2.08. The number of rotatable bonds is 2. The monoisotopic (exact) mass is 387 g/mol. The van der Waals surface area contributed by atoms with Gasteiger partial charge in [-0.25, -0.2) is 0 Å². The molecule has 0 aromatic heterocycles. The van der Waals surface area contributed by atoms with E-state index >= 15 is 0 Å². The Morgan fingerprint density at radius 3 is 2.33 bits per heavy atom. The number of benzene rings is 2. The van der Waals surface area contributed by atoms with Gasteiger partial charge < -0.3 is 5.32 Å². The molecule has 2 aromatic carbocycles. The summed E-state index contributed by atoms with van der Waals surface area (Å²) < 4.78 is 1.69. The Hall–Kier alpha value is -0.840. The maximum Gasteiger partial charge on any atom is 0.255 e. The zero-order chi connectivity index (χ0) is 13.1. The molecule has 2 nitrogen and oxygen atoms in total. The smallest absolute Gasteiger partial charge is 0.255 e. The number of hydrogen-bond donors (Lipinski definition) is 1. The van der Waals surface area contributed by atoms with Gasteiger partial charge in [0.2, 0.25) is 0 Å². The molecule has 0 radical (unpaired) electrons. The molecule has 0 unspecified atom stereocenters. The van der Waals surface area contributed by atoms with Crippen LogP contribution in [-0.2, 0) is 0 Å². The van der Waals surface area contributed by atoms with Crippen molar-refractivity contribution in [3.63, 3.8) is 0 Å². The molecular weight excluding hydrogens is 381 g/mol. The Balaban J connectivity index is 2.18. The fraction of sp³-hybridized carbons (Fsp3) is 0. The molecule has 0 atom stereocenters. The van der Waals surface area contributed by atoms with Crippen molar-refractivity contribution in [2.45, 2.75) is 0 Å². The minimum absolute atomic E-state index is 0.162. The molecular formula is C13H8Br2ClNO. The molecule has 18 heavy (non-hydrogen) atoms. The van der Waals surface area contributed by atoms with Crippen LogP contribution < -0.4 is 5.32 Å². The third-order valence-electron chi connectivity index (χ3n) is 2.29. The van der Waals surface area contributed by atoms with Crippen LogP contribution in [0, 0.1) is 0 Å². The van der Waals surface area contributed by atoms with Crippen molar-refractivity contribution < 1.29 is 4.79 Å². The molecule has 0 bridgehead atoms. The zero-order valence-corrected chi connectivity index (χ0v) is 13.0. The van der Waals surface area contributed by atoms with Crippen molar-refractivity contribution in [3.05, 3.63) is 62.0 Å². The van der Waals surface area contributed by atoms with Gasteiger partial charge in [0.15, 0.2) is 0 Å². The Labute approximate surface area is 127 Å². The maximum absolute atomic E-state index is 12.0. The second kappa shape index (κ2) is 5.87. The number of carbonyl (C=O) groups excluding carboxylic acids is 1. The van der Waals surface area contributed by atoms with Crippen LogP contribution in [0.2, 0.25) is 5.02 Å². The van der Waals surface area contributed by atoms with Crippen LogP contribution in [0.25, 0.3) is 0 Å². The summed E-state index contributed by atoms with van der Waals surface area (Å²) in [7, 11) is 0. The quantitative estimate of drug-likeness (QED) is 0.759. The number of anilines is 1. The first kappa shape index (κ1) is 13.6. The number of nitrogens with one attached hydrogen (secondary N) is 1. The lowest BCUT2D eigenvalue weighted by atomic mass is 10.2. The second-order valence-electron chi connectivity index (χ2n) is 3.59. The molecule has 0 saturated heterocycles. The first-order valence-corrected chi connectivity index (χ1v) is 7.04. The molecule has 0 saturated carbocycles. The van der Waals surface area contributed by atoms with E-state index in [1.54, 1.807) is 30.3 Å². The normalized spacial score (nSPS) is 10.2. The first-order chi connectivity index (χ1) is 8.56. The predicted molar refractivity (Wildman–Crippen MR) is 81.2 cm³/mol. The Bertz CT molecular complexity index is 584. The lowest BCUT2D eigenvalue weighted by molar-refractivity contribution is 0.102. The van der Waals surface area contributed by atoms with Gasteiger partial charge in [0, 0.05) is 19.5 Å². The fourth-order valence-electron chi connectivity index (χ4n) is 1.39. The molecule has 2 rings (SSSR count). The van der Waals surface area contributed by atoms with Gasteiger partial charge in [-0.3, -0.25) is 4.79 Å². The van der Waals surface area contributed by atoms with Crippen LogP contribution in [0.1, 0.15) is 10.4 Å². The van der Waals surface area contributed by atoms with Crippen LogP contribution >= 0.6 is 43.5 Å². The van der Waals surface area contributed by atoms with E-state index in [0.29, 0.717) is 16.3 Å². The van der Waals surface area contributed by atoms with Gasteiger partial charge in [-0.2, -0.15) is 0 Å². The van der Waals surface area contributed by atoms with Gasteiger partial charge >= 0.3 is 0 Å². The topological polar surface area (TPSA) is 29.1 Å². The van der Waals surface area contributed by atoms with Gasteiger partial charge in [0.25, 0.3) is 5.91 Å². The van der Waals surface area contributed by atoms with E-state index in [2.05, 4.69) is 37.2 Å². The van der Waals surface area contributed by atoms with E-state index < -0.39 is 0 Å². The highest BCUT2D eigenvalue weighted by atomic mass is 79.9. The third kappa shape index (κ3) is 3.34. The molecule has 0 fully saturated rings. The molecule has 0 aliphatic rings. The summed E-state index contributed by atoms with van der Waals surface area (Å²) in [5.74, 6) is -0.162. The van der Waals surface area contributed by atoms with E-state index in [1.807, 2.05) is 12.1 Å². The Morgan fingerprint density at radius 1 is 1.06 bits per heavy atom. The number of carbonyl (C=O) groups is 1. The van der Waals surface area contributed by atoms with Crippen molar-refractivity contribution in [2.24, 2.45) is 0 Å². The van der Waals surface area contributed by atoms with Crippen molar-refractivity contribution >= 4 is 55.1 Å². The third-order valence-corrected chi connectivity index (χ3v) is 3.71. The summed E-state index contributed by atoms with van der Waals surface area (Å²) in [5, 5.41) is 3.43. The standard InChI is InChI=1S/C13H8Br2ClNO/c14-9-3-1-8(2-4-9)13(18)17-12-6-5-10(16)7-11(12)15/h1-7H,(H,17,18). The first-order valence-electron chi connectivity index (χ1n) is 5.08. The lowest BCUT2D eigenvalue weighted by Crippen LogP contribution is -2.12. The zero-order valence-electron chi connectivity index (χ0n) is 9.08. The Kier molecular flexibility index (Phi) is 4.43. The highest BCUT2D eigenvalue weighted by Crippen LogP contribution is 2.26. The molecule has 2 aromatic rings. The molecule has 0 heterocycles. The van der Waals surface area contributed by atoms with Crippen LogP contribution in [0.3, 0.4) is 0 Å². The average Bonchev–Trinajstić information content (AvgIpc) is 2.33. The van der Waals surface area contributed by atoms with Gasteiger partial charge in [-0.05, 0) is 58.4 Å². The SMILES string of the molecule is O=C(Nc1ccc(Cl)cc1Br)c1ccc(Br)cc1. The van der Waals surface area contributed by atoms with Crippen LogP contribution in [0.4, 0.5) is 5.69 Å². The van der Waals surface area contributed by atoms with Gasteiger partial charge in [-0.1, -0.05) is 27.5 Å². The molecule has 0 aliphatic heterocycles. The lowest BCUT2D eigenvalue weighted by Gasteiger charge is -2.07. The summed E-state index contributed by atoms with van der Waals surface area (Å²) in [4.78, 5) is 12.0. The molecule has 1 amide bonds. The fourth-order valence-corrected chi connectivity index (χ4v) is 2.43. The highest BCUT2D eigenvalue weighted by molar-refractivity contribution is 9.10. The van der Waals surface area contributed by atoms with E-state index in [4.69, 9.17) is 11.6 Å². The predicted octanol–water partition coefficient (Wildman–Crippen LogP) is 5.12. The average molecular weight is 389 g/mol. The van der Waals surface area contributed by atoms with Crippen molar-refractivity contribution in [1.82, 2.24) is 0 Å². The number of halogens is 3. The summed E-state index contributed by atoms with van der Waals surface area (Å²) in [6, 6.07) is 12.4. The maximum atomic E-state index is 12.0. The van der Waals surface area contributed by atoms with Gasteiger partial charge in [0.1, 0.15) is 0 Å². The molecule has 5 heteroatoms. The number of amides is 1. The molecule has 1 N–H and O–H groups in total. The molecule has 92 valence electrons. The van der Waals surface area contributed by atoms with Gasteiger partial charge in [0.05, 0.1) is 5.69 Å².